The predicted octanol–water partition coefficient (Wildman–Crippen LogP) is 6.63. The van der Waals surface area contributed by atoms with Crippen LogP contribution in [0.15, 0.2) is 54.6 Å². The summed E-state index contributed by atoms with van der Waals surface area (Å²) in [6.45, 7) is 3.34. The first-order valence-electron chi connectivity index (χ1n) is 9.75. The summed E-state index contributed by atoms with van der Waals surface area (Å²) in [5.41, 5.74) is 4.20. The van der Waals surface area contributed by atoms with E-state index in [0.29, 0.717) is 0 Å². The zero-order chi connectivity index (χ0) is 16.9. The molecule has 0 aliphatic rings. The SMILES string of the molecule is CCCCCc1ccc(NCCCCCCc2ccccc2)cc1. The smallest absolute Gasteiger partial charge is 0.0340 e. The highest BCUT2D eigenvalue weighted by atomic mass is 14.9. The van der Waals surface area contributed by atoms with E-state index in [4.69, 9.17) is 0 Å². The van der Waals surface area contributed by atoms with E-state index in [0.717, 1.165) is 6.54 Å². The molecule has 0 aliphatic carbocycles. The summed E-state index contributed by atoms with van der Waals surface area (Å²) in [5.74, 6) is 0. The van der Waals surface area contributed by atoms with Crippen LogP contribution in [0.4, 0.5) is 5.69 Å². The van der Waals surface area contributed by atoms with Crippen LogP contribution >= 0.6 is 0 Å². The van der Waals surface area contributed by atoms with Gasteiger partial charge in [-0.3, -0.25) is 0 Å². The maximum atomic E-state index is 3.55. The molecule has 0 bridgehead atoms. The van der Waals surface area contributed by atoms with Gasteiger partial charge >= 0.3 is 0 Å². The number of nitrogens with one attached hydrogen (secondary N) is 1. The predicted molar refractivity (Wildman–Crippen MR) is 107 cm³/mol. The van der Waals surface area contributed by atoms with Gasteiger partial charge < -0.3 is 5.32 Å². The van der Waals surface area contributed by atoms with Crippen LogP contribution in [0.25, 0.3) is 0 Å². The topological polar surface area (TPSA) is 12.0 Å². The minimum absolute atomic E-state index is 1.08. The molecule has 0 aromatic heterocycles. The van der Waals surface area contributed by atoms with Gasteiger partial charge in [-0.25, -0.2) is 0 Å². The summed E-state index contributed by atoms with van der Waals surface area (Å²) < 4.78 is 0. The van der Waals surface area contributed by atoms with Gasteiger partial charge in [-0.1, -0.05) is 75.1 Å². The average Bonchev–Trinajstić information content (AvgIpc) is 2.63. The second kappa shape index (κ2) is 11.7. The van der Waals surface area contributed by atoms with Gasteiger partial charge in [-0.2, -0.15) is 0 Å². The van der Waals surface area contributed by atoms with E-state index < -0.39 is 0 Å². The number of aryl methyl sites for hydroxylation is 2. The molecular weight excluding hydrogens is 290 g/mol. The van der Waals surface area contributed by atoms with Crippen molar-refractivity contribution in [1.82, 2.24) is 0 Å². The molecule has 0 fully saturated rings. The summed E-state index contributed by atoms with van der Waals surface area (Å²) in [4.78, 5) is 0. The number of rotatable bonds is 12. The Morgan fingerprint density at radius 1 is 0.625 bits per heavy atom. The lowest BCUT2D eigenvalue weighted by Gasteiger charge is -2.08. The first kappa shape index (κ1) is 18.6. The molecule has 0 aliphatic heterocycles. The summed E-state index contributed by atoms with van der Waals surface area (Å²) in [6, 6.07) is 19.8. The Bertz CT molecular complexity index is 530. The van der Waals surface area contributed by atoms with Gasteiger partial charge in [0.25, 0.3) is 0 Å². The Kier molecular flexibility index (Phi) is 9.08. The number of hydrogen-bond donors (Lipinski definition) is 1. The third kappa shape index (κ3) is 7.68. The average molecular weight is 324 g/mol. The van der Waals surface area contributed by atoms with Crippen molar-refractivity contribution in [3.63, 3.8) is 0 Å². The summed E-state index contributed by atoms with van der Waals surface area (Å²) in [5, 5.41) is 3.55. The molecule has 1 N–H and O–H groups in total. The third-order valence-corrected chi connectivity index (χ3v) is 4.59. The van der Waals surface area contributed by atoms with Gasteiger partial charge in [-0.05, 0) is 55.4 Å². The maximum absolute atomic E-state index is 3.55. The fourth-order valence-corrected chi connectivity index (χ4v) is 3.05. The number of anilines is 1. The summed E-state index contributed by atoms with van der Waals surface area (Å²) >= 11 is 0. The fraction of sp³-hybridized carbons (Fsp3) is 0.478. The Morgan fingerprint density at radius 2 is 1.25 bits per heavy atom. The van der Waals surface area contributed by atoms with Gasteiger partial charge in [0.05, 0.1) is 0 Å². The monoisotopic (exact) mass is 323 g/mol. The van der Waals surface area contributed by atoms with E-state index in [2.05, 4.69) is 66.8 Å². The Balaban J connectivity index is 1.51. The van der Waals surface area contributed by atoms with Crippen LogP contribution in [0.3, 0.4) is 0 Å². The van der Waals surface area contributed by atoms with Crippen LogP contribution in [0.2, 0.25) is 0 Å². The minimum atomic E-state index is 1.08. The van der Waals surface area contributed by atoms with Crippen molar-refractivity contribution < 1.29 is 0 Å². The van der Waals surface area contributed by atoms with Crippen molar-refractivity contribution in [2.24, 2.45) is 0 Å². The number of benzene rings is 2. The van der Waals surface area contributed by atoms with Crippen molar-refractivity contribution in [3.8, 4) is 0 Å². The molecule has 0 spiro atoms. The fourth-order valence-electron chi connectivity index (χ4n) is 3.05. The molecule has 1 heteroatoms. The third-order valence-electron chi connectivity index (χ3n) is 4.59. The highest BCUT2D eigenvalue weighted by molar-refractivity contribution is 5.44. The lowest BCUT2D eigenvalue weighted by molar-refractivity contribution is 0.654. The second-order valence-corrected chi connectivity index (χ2v) is 6.73. The molecular formula is C23H33N. The Labute approximate surface area is 148 Å². The zero-order valence-corrected chi connectivity index (χ0v) is 15.3. The van der Waals surface area contributed by atoms with Crippen LogP contribution in [0.1, 0.15) is 63.0 Å². The van der Waals surface area contributed by atoms with E-state index in [9.17, 15) is 0 Å². The van der Waals surface area contributed by atoms with Crippen molar-refractivity contribution in [1.29, 1.82) is 0 Å². The van der Waals surface area contributed by atoms with E-state index in [1.165, 1.54) is 74.6 Å². The van der Waals surface area contributed by atoms with E-state index in [-0.39, 0.29) is 0 Å². The van der Waals surface area contributed by atoms with Gasteiger partial charge in [0, 0.05) is 12.2 Å². The molecule has 0 heterocycles. The molecule has 2 aromatic rings. The number of hydrogen-bond acceptors (Lipinski definition) is 1. The highest BCUT2D eigenvalue weighted by Crippen LogP contribution is 2.13. The molecule has 0 atom stereocenters. The summed E-state index contributed by atoms with van der Waals surface area (Å²) in [6.07, 6.45) is 11.6. The molecule has 24 heavy (non-hydrogen) atoms. The molecule has 2 rings (SSSR count). The molecule has 0 radical (unpaired) electrons. The van der Waals surface area contributed by atoms with Crippen LogP contribution in [-0.2, 0) is 12.8 Å². The van der Waals surface area contributed by atoms with Crippen molar-refractivity contribution in [3.05, 3.63) is 65.7 Å². The molecule has 0 saturated heterocycles. The van der Waals surface area contributed by atoms with Crippen LogP contribution in [-0.4, -0.2) is 6.54 Å². The number of unbranched alkanes of at least 4 members (excludes halogenated alkanes) is 5. The van der Waals surface area contributed by atoms with Gasteiger partial charge in [0.2, 0.25) is 0 Å². The Hall–Kier alpha value is -1.76. The minimum Gasteiger partial charge on any atom is -0.385 e. The Morgan fingerprint density at radius 3 is 1.96 bits per heavy atom. The van der Waals surface area contributed by atoms with Crippen LogP contribution in [0.5, 0.6) is 0 Å². The molecule has 2 aromatic carbocycles. The van der Waals surface area contributed by atoms with E-state index in [1.807, 2.05) is 0 Å². The standard InChI is InChI=1S/C23H33N/c1-2-3-7-12-22-16-18-23(19-17-22)24-20-11-5-4-8-13-21-14-9-6-10-15-21/h6,9-10,14-19,24H,2-5,7-8,11-13,20H2,1H3. The maximum Gasteiger partial charge on any atom is 0.0340 e. The van der Waals surface area contributed by atoms with Crippen molar-refractivity contribution in [2.45, 2.75) is 64.7 Å². The van der Waals surface area contributed by atoms with Crippen LogP contribution in [0, 0.1) is 0 Å². The molecule has 0 amide bonds. The van der Waals surface area contributed by atoms with Gasteiger partial charge in [0.15, 0.2) is 0 Å². The summed E-state index contributed by atoms with van der Waals surface area (Å²) in [7, 11) is 0. The molecule has 0 unspecified atom stereocenters. The van der Waals surface area contributed by atoms with Gasteiger partial charge in [-0.15, -0.1) is 0 Å². The van der Waals surface area contributed by atoms with Gasteiger partial charge in [0.1, 0.15) is 0 Å². The lowest BCUT2D eigenvalue weighted by atomic mass is 10.1. The quantitative estimate of drug-likeness (QED) is 0.432. The van der Waals surface area contributed by atoms with E-state index >= 15 is 0 Å². The molecule has 1 nitrogen and oxygen atoms in total. The van der Waals surface area contributed by atoms with Crippen molar-refractivity contribution in [2.75, 3.05) is 11.9 Å². The normalized spacial score (nSPS) is 10.7. The zero-order valence-electron chi connectivity index (χ0n) is 15.3. The first-order chi connectivity index (χ1) is 11.9. The molecule has 0 saturated carbocycles. The second-order valence-electron chi connectivity index (χ2n) is 6.73. The van der Waals surface area contributed by atoms with Crippen LogP contribution < -0.4 is 5.32 Å². The highest BCUT2D eigenvalue weighted by Gasteiger charge is 1.96. The van der Waals surface area contributed by atoms with E-state index in [1.54, 1.807) is 0 Å². The first-order valence-corrected chi connectivity index (χ1v) is 9.75. The largest absolute Gasteiger partial charge is 0.385 e. The molecule has 130 valence electrons. The lowest BCUT2D eigenvalue weighted by Crippen LogP contribution is -2.01. The van der Waals surface area contributed by atoms with Crippen molar-refractivity contribution >= 4 is 5.69 Å².